The predicted octanol–water partition coefficient (Wildman–Crippen LogP) is 2.36. The Kier molecular flexibility index (Phi) is 3.86. The summed E-state index contributed by atoms with van der Waals surface area (Å²) in [6, 6.07) is 0. The van der Waals surface area contributed by atoms with Gasteiger partial charge in [-0.1, -0.05) is 0 Å². The summed E-state index contributed by atoms with van der Waals surface area (Å²) >= 11 is -6.23. The number of halogens is 7. The van der Waals surface area contributed by atoms with Gasteiger partial charge in [-0.25, -0.2) is 0 Å². The van der Waals surface area contributed by atoms with Gasteiger partial charge >= 0.3 is 65.3 Å². The van der Waals surface area contributed by atoms with E-state index in [1.165, 1.54) is 0 Å². The first-order valence-corrected chi connectivity index (χ1v) is 8.01. The van der Waals surface area contributed by atoms with E-state index >= 15 is 0 Å². The first-order chi connectivity index (χ1) is 5.31. The van der Waals surface area contributed by atoms with Gasteiger partial charge in [-0.05, 0) is 0 Å². The van der Waals surface area contributed by atoms with E-state index in [0.29, 0.717) is 0 Å². The predicted molar refractivity (Wildman–Crippen MR) is 29.8 cm³/mol. The fourth-order valence-corrected chi connectivity index (χ4v) is 2.22. The second-order valence-electron chi connectivity index (χ2n) is 2.22. The van der Waals surface area contributed by atoms with Crippen LogP contribution in [0.25, 0.3) is 0 Å². The zero-order chi connectivity index (χ0) is 9.99. The van der Waals surface area contributed by atoms with Crippen molar-refractivity contribution in [2.75, 3.05) is 11.0 Å². The van der Waals surface area contributed by atoms with Crippen molar-refractivity contribution in [2.45, 2.75) is 10.3 Å². The van der Waals surface area contributed by atoms with Gasteiger partial charge < -0.3 is 0 Å². The van der Waals surface area contributed by atoms with Gasteiger partial charge in [0.2, 0.25) is 0 Å². The van der Waals surface area contributed by atoms with Crippen LogP contribution in [0.15, 0.2) is 0 Å². The van der Waals surface area contributed by atoms with E-state index in [2.05, 4.69) is 0 Å². The summed E-state index contributed by atoms with van der Waals surface area (Å²) in [5.41, 5.74) is -4.53. The van der Waals surface area contributed by atoms with Gasteiger partial charge in [0.05, 0.1) is 0 Å². The number of hydrogen-bond acceptors (Lipinski definition) is 0. The minimum absolute atomic E-state index is 2.27. The molecule has 0 aromatic heterocycles. The van der Waals surface area contributed by atoms with Crippen molar-refractivity contribution in [3.05, 3.63) is 0 Å². The van der Waals surface area contributed by atoms with E-state index in [-0.39, 0.29) is 0 Å². The fourth-order valence-electron chi connectivity index (χ4n) is 0.428. The Morgan fingerprint density at radius 2 is 1.33 bits per heavy atom. The SMILES string of the molecule is F[CH2][Ge]([CH2]F)([CH](F)F)[C](F)(F)F. The molecule has 0 amide bonds. The zero-order valence-corrected chi connectivity index (χ0v) is 7.74. The van der Waals surface area contributed by atoms with E-state index in [1.807, 2.05) is 0 Å². The van der Waals surface area contributed by atoms with Crippen LogP contribution in [-0.2, 0) is 0 Å². The van der Waals surface area contributed by atoms with E-state index in [1.54, 1.807) is 0 Å². The molecule has 0 N–H and O–H groups in total. The van der Waals surface area contributed by atoms with Crippen molar-refractivity contribution >= 4 is 13.3 Å². The average molecular weight is 259 g/mol. The van der Waals surface area contributed by atoms with Gasteiger partial charge in [0.1, 0.15) is 0 Å². The van der Waals surface area contributed by atoms with Gasteiger partial charge in [0.15, 0.2) is 0 Å². The molecule has 0 radical (unpaired) electrons. The van der Waals surface area contributed by atoms with Crippen molar-refractivity contribution < 1.29 is 30.7 Å². The molecule has 0 atom stereocenters. The van der Waals surface area contributed by atoms with E-state index < -0.39 is 34.5 Å². The van der Waals surface area contributed by atoms with Crippen LogP contribution < -0.4 is 0 Å². The van der Waals surface area contributed by atoms with E-state index in [0.717, 1.165) is 0 Å². The Labute approximate surface area is 66.1 Å². The molecular formula is C4H5F7Ge. The third-order valence-corrected chi connectivity index (χ3v) is 7.58. The van der Waals surface area contributed by atoms with Crippen molar-refractivity contribution in [1.82, 2.24) is 0 Å². The molecule has 0 saturated carbocycles. The standard InChI is InChI=1S/C4H5F7Ge/c5-1-12(2-6,3(7)8)4(9,10)11/h3H,1-2H2. The molecular weight excluding hydrogens is 254 g/mol. The summed E-state index contributed by atoms with van der Waals surface area (Å²) < 4.78 is 82.1. The van der Waals surface area contributed by atoms with Crippen LogP contribution in [0.5, 0.6) is 0 Å². The van der Waals surface area contributed by atoms with E-state index in [4.69, 9.17) is 0 Å². The Morgan fingerprint density at radius 3 is 1.33 bits per heavy atom. The van der Waals surface area contributed by atoms with Gasteiger partial charge in [-0.3, -0.25) is 0 Å². The molecule has 0 spiro atoms. The van der Waals surface area contributed by atoms with Gasteiger partial charge in [-0.15, -0.1) is 0 Å². The summed E-state index contributed by atoms with van der Waals surface area (Å²) in [4.78, 5) is 0. The van der Waals surface area contributed by atoms with Crippen LogP contribution in [-0.4, -0.2) is 34.5 Å². The summed E-state index contributed by atoms with van der Waals surface area (Å²) in [6.07, 6.45) is 0. The molecule has 0 saturated heterocycles. The molecule has 0 unspecified atom stereocenters. The Morgan fingerprint density at radius 1 is 1.00 bits per heavy atom. The third kappa shape index (κ3) is 1.86. The zero-order valence-electron chi connectivity index (χ0n) is 5.64. The summed E-state index contributed by atoms with van der Waals surface area (Å²) in [7, 11) is 0. The van der Waals surface area contributed by atoms with E-state index in [9.17, 15) is 30.7 Å². The summed E-state index contributed by atoms with van der Waals surface area (Å²) in [6.45, 7) is 0. The Balaban J connectivity index is 4.83. The van der Waals surface area contributed by atoms with Crippen LogP contribution in [0, 0.1) is 0 Å². The minimum atomic E-state index is -6.23. The molecule has 0 nitrogen and oxygen atoms in total. The molecule has 12 heavy (non-hydrogen) atoms. The normalized spacial score (nSPS) is 14.0. The quantitative estimate of drug-likeness (QED) is 0.539. The van der Waals surface area contributed by atoms with Crippen LogP contribution >= 0.6 is 0 Å². The fraction of sp³-hybridized carbons (Fsp3) is 1.00. The molecule has 74 valence electrons. The molecule has 0 aromatic rings. The Hall–Kier alpha value is 0.0529. The third-order valence-electron chi connectivity index (χ3n) is 1.46. The topological polar surface area (TPSA) is 0 Å². The molecule has 8 heteroatoms. The van der Waals surface area contributed by atoms with Crippen LogP contribution in [0.2, 0.25) is 0 Å². The second-order valence-corrected chi connectivity index (χ2v) is 10.3. The first-order valence-electron chi connectivity index (χ1n) is 2.78. The molecule has 0 aliphatic heterocycles. The molecule has 0 aliphatic carbocycles. The monoisotopic (exact) mass is 260 g/mol. The maximum atomic E-state index is 11.8. The summed E-state index contributed by atoms with van der Waals surface area (Å²) in [5.74, 6) is 0. The summed E-state index contributed by atoms with van der Waals surface area (Å²) in [5, 5.41) is -9.28. The van der Waals surface area contributed by atoms with Crippen molar-refractivity contribution in [1.29, 1.82) is 0 Å². The molecule has 0 fully saturated rings. The van der Waals surface area contributed by atoms with Crippen LogP contribution in [0.4, 0.5) is 30.7 Å². The van der Waals surface area contributed by atoms with Crippen LogP contribution in [0.3, 0.4) is 0 Å². The first kappa shape index (κ1) is 12.1. The van der Waals surface area contributed by atoms with Gasteiger partial charge in [0, 0.05) is 0 Å². The van der Waals surface area contributed by atoms with Crippen molar-refractivity contribution in [3.63, 3.8) is 0 Å². The second kappa shape index (κ2) is 3.84. The molecule has 0 heterocycles. The van der Waals surface area contributed by atoms with Gasteiger partial charge in [0.25, 0.3) is 0 Å². The number of rotatable bonds is 3. The number of alkyl halides is 7. The van der Waals surface area contributed by atoms with Gasteiger partial charge in [-0.2, -0.15) is 0 Å². The Bertz CT molecular complexity index is 137. The van der Waals surface area contributed by atoms with Crippen LogP contribution in [0.1, 0.15) is 0 Å². The number of hydrogen-bond donors (Lipinski definition) is 0. The molecule has 0 aromatic carbocycles. The molecule has 0 rings (SSSR count). The average Bonchev–Trinajstić information content (AvgIpc) is 1.87. The maximum absolute atomic E-state index is 11.8. The van der Waals surface area contributed by atoms with Crippen molar-refractivity contribution in [2.24, 2.45) is 0 Å². The molecule has 0 aliphatic rings. The van der Waals surface area contributed by atoms with Crippen molar-refractivity contribution in [3.8, 4) is 0 Å². The molecule has 0 bridgehead atoms.